The highest BCUT2D eigenvalue weighted by Crippen LogP contribution is 2.66. The Balaban J connectivity index is 1.70. The van der Waals surface area contributed by atoms with Crippen LogP contribution in [0.2, 0.25) is 0 Å². The molecule has 0 bridgehead atoms. The Bertz CT molecular complexity index is 717. The van der Waals surface area contributed by atoms with Crippen LogP contribution >= 0.6 is 0 Å². The molecule has 2 unspecified atom stereocenters. The van der Waals surface area contributed by atoms with E-state index in [4.69, 9.17) is 4.74 Å². The SMILES string of the molecule is COc1ccc(C2C(c3ccccc3)C2c2ccccc2)cc1. The van der Waals surface area contributed by atoms with E-state index in [2.05, 4.69) is 84.9 Å². The molecule has 4 rings (SSSR count). The zero-order chi connectivity index (χ0) is 15.6. The maximum absolute atomic E-state index is 5.29. The summed E-state index contributed by atoms with van der Waals surface area (Å²) in [5.41, 5.74) is 4.26. The number of rotatable bonds is 4. The van der Waals surface area contributed by atoms with Gasteiger partial charge in [0.1, 0.15) is 5.75 Å². The summed E-state index contributed by atoms with van der Waals surface area (Å²) in [4.78, 5) is 0. The van der Waals surface area contributed by atoms with Gasteiger partial charge in [-0.1, -0.05) is 72.8 Å². The molecule has 114 valence electrons. The molecule has 0 radical (unpaired) electrons. The summed E-state index contributed by atoms with van der Waals surface area (Å²) in [6.07, 6.45) is 0. The zero-order valence-corrected chi connectivity index (χ0v) is 13.2. The van der Waals surface area contributed by atoms with Crippen molar-refractivity contribution in [2.45, 2.75) is 17.8 Å². The van der Waals surface area contributed by atoms with Crippen molar-refractivity contribution in [2.24, 2.45) is 0 Å². The molecule has 3 aromatic carbocycles. The van der Waals surface area contributed by atoms with Crippen molar-refractivity contribution in [1.82, 2.24) is 0 Å². The topological polar surface area (TPSA) is 9.23 Å². The second-order valence-electron chi connectivity index (χ2n) is 6.17. The molecular weight excluding hydrogens is 280 g/mol. The summed E-state index contributed by atoms with van der Waals surface area (Å²) >= 11 is 0. The van der Waals surface area contributed by atoms with Crippen LogP contribution in [0, 0.1) is 0 Å². The fourth-order valence-electron chi connectivity index (χ4n) is 3.73. The van der Waals surface area contributed by atoms with E-state index in [1.54, 1.807) is 7.11 Å². The summed E-state index contributed by atoms with van der Waals surface area (Å²) in [5.74, 6) is 2.59. The van der Waals surface area contributed by atoms with E-state index in [0.29, 0.717) is 17.8 Å². The van der Waals surface area contributed by atoms with Gasteiger partial charge in [0.2, 0.25) is 0 Å². The monoisotopic (exact) mass is 300 g/mol. The van der Waals surface area contributed by atoms with Crippen LogP contribution in [0.5, 0.6) is 5.75 Å². The second kappa shape index (κ2) is 5.92. The van der Waals surface area contributed by atoms with Gasteiger partial charge in [-0.25, -0.2) is 0 Å². The minimum absolute atomic E-state index is 0.547. The number of methoxy groups -OCH3 is 1. The fourth-order valence-corrected chi connectivity index (χ4v) is 3.73. The number of hydrogen-bond donors (Lipinski definition) is 0. The Morgan fingerprint density at radius 2 is 0.913 bits per heavy atom. The van der Waals surface area contributed by atoms with E-state index < -0.39 is 0 Å². The van der Waals surface area contributed by atoms with Gasteiger partial charge in [0.05, 0.1) is 7.11 Å². The summed E-state index contributed by atoms with van der Waals surface area (Å²) < 4.78 is 5.29. The molecule has 0 saturated heterocycles. The lowest BCUT2D eigenvalue weighted by Crippen LogP contribution is -1.86. The van der Waals surface area contributed by atoms with E-state index in [9.17, 15) is 0 Å². The summed E-state index contributed by atoms with van der Waals surface area (Å²) in [7, 11) is 1.71. The Kier molecular flexibility index (Phi) is 3.63. The Morgan fingerprint density at radius 1 is 0.522 bits per heavy atom. The summed E-state index contributed by atoms with van der Waals surface area (Å²) in [6, 6.07) is 30.3. The Morgan fingerprint density at radius 3 is 1.30 bits per heavy atom. The molecule has 0 heterocycles. The molecule has 0 amide bonds. The first kappa shape index (κ1) is 14.1. The van der Waals surface area contributed by atoms with Gasteiger partial charge in [0, 0.05) is 0 Å². The molecule has 0 aromatic heterocycles. The van der Waals surface area contributed by atoms with Gasteiger partial charge < -0.3 is 4.74 Å². The molecule has 0 aliphatic heterocycles. The first-order valence-electron chi connectivity index (χ1n) is 8.12. The highest BCUT2D eigenvalue weighted by molar-refractivity contribution is 5.48. The van der Waals surface area contributed by atoms with Gasteiger partial charge in [-0.05, 0) is 46.6 Å². The molecule has 23 heavy (non-hydrogen) atoms. The maximum atomic E-state index is 5.29. The first-order chi connectivity index (χ1) is 11.4. The third-order valence-electron chi connectivity index (χ3n) is 4.89. The highest BCUT2D eigenvalue weighted by Gasteiger charge is 2.52. The lowest BCUT2D eigenvalue weighted by molar-refractivity contribution is 0.414. The van der Waals surface area contributed by atoms with Crippen molar-refractivity contribution in [2.75, 3.05) is 7.11 Å². The van der Waals surface area contributed by atoms with Crippen molar-refractivity contribution in [3.63, 3.8) is 0 Å². The van der Waals surface area contributed by atoms with Crippen molar-refractivity contribution in [3.05, 3.63) is 102 Å². The molecule has 2 atom stereocenters. The number of hydrogen-bond acceptors (Lipinski definition) is 1. The van der Waals surface area contributed by atoms with Crippen molar-refractivity contribution in [1.29, 1.82) is 0 Å². The molecule has 1 nitrogen and oxygen atoms in total. The van der Waals surface area contributed by atoms with Gasteiger partial charge in [0.25, 0.3) is 0 Å². The van der Waals surface area contributed by atoms with E-state index in [0.717, 1.165) is 5.75 Å². The Hall–Kier alpha value is -2.54. The van der Waals surface area contributed by atoms with E-state index >= 15 is 0 Å². The van der Waals surface area contributed by atoms with Crippen LogP contribution in [0.15, 0.2) is 84.9 Å². The van der Waals surface area contributed by atoms with Gasteiger partial charge in [-0.15, -0.1) is 0 Å². The quantitative estimate of drug-likeness (QED) is 0.630. The third-order valence-corrected chi connectivity index (χ3v) is 4.89. The summed E-state index contributed by atoms with van der Waals surface area (Å²) in [6.45, 7) is 0. The third kappa shape index (κ3) is 2.63. The van der Waals surface area contributed by atoms with Crippen LogP contribution in [0.25, 0.3) is 0 Å². The number of benzene rings is 3. The average Bonchev–Trinajstić information content (AvgIpc) is 3.39. The van der Waals surface area contributed by atoms with Crippen LogP contribution < -0.4 is 4.74 Å². The van der Waals surface area contributed by atoms with Gasteiger partial charge in [0.15, 0.2) is 0 Å². The van der Waals surface area contributed by atoms with Crippen molar-refractivity contribution in [3.8, 4) is 5.75 Å². The predicted octanol–water partition coefficient (Wildman–Crippen LogP) is 5.36. The normalized spacial score (nSPS) is 22.6. The molecular formula is C22H20O. The van der Waals surface area contributed by atoms with Crippen molar-refractivity contribution < 1.29 is 4.74 Å². The molecule has 1 aliphatic rings. The first-order valence-corrected chi connectivity index (χ1v) is 8.12. The molecule has 1 fully saturated rings. The maximum Gasteiger partial charge on any atom is 0.118 e. The molecule has 1 heteroatoms. The predicted molar refractivity (Wildman–Crippen MR) is 94.1 cm³/mol. The molecule has 1 aliphatic carbocycles. The Labute approximate surface area is 137 Å². The van der Waals surface area contributed by atoms with Crippen LogP contribution in [-0.4, -0.2) is 7.11 Å². The molecule has 0 spiro atoms. The standard InChI is InChI=1S/C22H20O/c1-23-19-14-12-18(13-15-19)22-20(16-8-4-2-5-9-16)21(22)17-10-6-3-7-11-17/h2-15,20-22H,1H3. The van der Waals surface area contributed by atoms with Gasteiger partial charge >= 0.3 is 0 Å². The lowest BCUT2D eigenvalue weighted by atomic mass is 10.0. The smallest absolute Gasteiger partial charge is 0.118 e. The largest absolute Gasteiger partial charge is 0.497 e. The van der Waals surface area contributed by atoms with Crippen LogP contribution in [0.1, 0.15) is 34.4 Å². The van der Waals surface area contributed by atoms with Crippen LogP contribution in [-0.2, 0) is 0 Å². The zero-order valence-electron chi connectivity index (χ0n) is 13.2. The summed E-state index contributed by atoms with van der Waals surface area (Å²) in [5, 5.41) is 0. The highest BCUT2D eigenvalue weighted by atomic mass is 16.5. The number of ether oxygens (including phenoxy) is 1. The minimum Gasteiger partial charge on any atom is -0.497 e. The van der Waals surface area contributed by atoms with Crippen LogP contribution in [0.4, 0.5) is 0 Å². The molecule has 0 N–H and O–H groups in total. The second-order valence-corrected chi connectivity index (χ2v) is 6.17. The van der Waals surface area contributed by atoms with E-state index in [1.165, 1.54) is 16.7 Å². The van der Waals surface area contributed by atoms with Crippen LogP contribution in [0.3, 0.4) is 0 Å². The molecule has 1 saturated carbocycles. The van der Waals surface area contributed by atoms with E-state index in [-0.39, 0.29) is 0 Å². The van der Waals surface area contributed by atoms with Crippen molar-refractivity contribution >= 4 is 0 Å². The van der Waals surface area contributed by atoms with Gasteiger partial charge in [-0.2, -0.15) is 0 Å². The lowest BCUT2D eigenvalue weighted by Gasteiger charge is -2.03. The van der Waals surface area contributed by atoms with Gasteiger partial charge in [-0.3, -0.25) is 0 Å². The average molecular weight is 300 g/mol. The van der Waals surface area contributed by atoms with E-state index in [1.807, 2.05) is 0 Å². The fraction of sp³-hybridized carbons (Fsp3) is 0.182. The minimum atomic E-state index is 0.547. The molecule has 3 aromatic rings.